The molecule has 0 saturated carbocycles. The lowest BCUT2D eigenvalue weighted by atomic mass is 9.90. The maximum Gasteiger partial charge on any atom is 0.315 e. The predicted molar refractivity (Wildman–Crippen MR) is 97.2 cm³/mol. The first-order valence-electron chi connectivity index (χ1n) is 8.59. The molecule has 1 aromatic rings. The third kappa shape index (κ3) is 8.29. The molecule has 0 bridgehead atoms. The molecule has 1 N–H and O–H groups in total. The minimum atomic E-state index is -1.02. The van der Waals surface area contributed by atoms with Crippen molar-refractivity contribution in [2.24, 2.45) is 11.8 Å². The van der Waals surface area contributed by atoms with Crippen molar-refractivity contribution in [3.8, 4) is 5.75 Å². The SMILES string of the molecule is CC/C(C)=C\CC/C=C\C(C)C(CC(=O)O)C(=O)Oc1ccncc1. The zero-order valence-electron chi connectivity index (χ0n) is 15.1. The van der Waals surface area contributed by atoms with E-state index in [4.69, 9.17) is 9.84 Å². The van der Waals surface area contributed by atoms with Gasteiger partial charge >= 0.3 is 11.9 Å². The Hall–Kier alpha value is -2.43. The van der Waals surface area contributed by atoms with Crippen molar-refractivity contribution >= 4 is 11.9 Å². The fourth-order valence-corrected chi connectivity index (χ4v) is 2.29. The van der Waals surface area contributed by atoms with Crippen LogP contribution in [0.5, 0.6) is 5.75 Å². The number of esters is 1. The van der Waals surface area contributed by atoms with E-state index in [1.807, 2.05) is 19.1 Å². The second-order valence-electron chi connectivity index (χ2n) is 6.08. The zero-order chi connectivity index (χ0) is 18.7. The van der Waals surface area contributed by atoms with Crippen LogP contribution in [-0.2, 0) is 9.59 Å². The minimum Gasteiger partial charge on any atom is -0.481 e. The molecule has 1 aromatic heterocycles. The standard InChI is InChI=1S/C20H27NO4/c1-4-15(2)8-6-5-7-9-16(3)18(14-19(22)23)20(24)25-17-10-12-21-13-11-17/h7-13,16,18H,4-6,14H2,1-3H3,(H,22,23)/b9-7-,15-8-. The summed E-state index contributed by atoms with van der Waals surface area (Å²) >= 11 is 0. The number of nitrogens with zero attached hydrogens (tertiary/aromatic N) is 1. The monoisotopic (exact) mass is 345 g/mol. The van der Waals surface area contributed by atoms with Gasteiger partial charge in [0, 0.05) is 12.4 Å². The summed E-state index contributed by atoms with van der Waals surface area (Å²) in [6.07, 6.45) is 11.7. The lowest BCUT2D eigenvalue weighted by Crippen LogP contribution is -2.28. The lowest BCUT2D eigenvalue weighted by Gasteiger charge is -2.18. The molecule has 0 aliphatic carbocycles. The Bertz CT molecular complexity index is 607. The number of aromatic nitrogens is 1. The summed E-state index contributed by atoms with van der Waals surface area (Å²) in [5, 5.41) is 9.10. The number of rotatable bonds is 10. The van der Waals surface area contributed by atoms with E-state index in [9.17, 15) is 9.59 Å². The molecule has 0 spiro atoms. The van der Waals surface area contributed by atoms with Crippen molar-refractivity contribution in [1.29, 1.82) is 0 Å². The summed E-state index contributed by atoms with van der Waals surface area (Å²) in [4.78, 5) is 27.3. The number of carboxylic acids is 1. The van der Waals surface area contributed by atoms with Gasteiger partial charge in [0.05, 0.1) is 12.3 Å². The highest BCUT2D eigenvalue weighted by atomic mass is 16.5. The molecule has 5 heteroatoms. The maximum atomic E-state index is 12.4. The maximum absolute atomic E-state index is 12.4. The fourth-order valence-electron chi connectivity index (χ4n) is 2.29. The van der Waals surface area contributed by atoms with Crippen molar-refractivity contribution in [1.82, 2.24) is 4.98 Å². The van der Waals surface area contributed by atoms with Crippen LogP contribution in [-0.4, -0.2) is 22.0 Å². The van der Waals surface area contributed by atoms with Gasteiger partial charge in [-0.05, 0) is 44.2 Å². The summed E-state index contributed by atoms with van der Waals surface area (Å²) in [7, 11) is 0. The molecule has 1 heterocycles. The number of allylic oxidation sites excluding steroid dienone is 4. The van der Waals surface area contributed by atoms with Crippen LogP contribution in [0, 0.1) is 11.8 Å². The van der Waals surface area contributed by atoms with E-state index >= 15 is 0 Å². The summed E-state index contributed by atoms with van der Waals surface area (Å²) in [6.45, 7) is 6.06. The van der Waals surface area contributed by atoms with Gasteiger partial charge in [-0.25, -0.2) is 0 Å². The van der Waals surface area contributed by atoms with Crippen molar-refractivity contribution in [3.05, 3.63) is 48.3 Å². The normalized spacial score (nSPS) is 14.3. The van der Waals surface area contributed by atoms with Gasteiger partial charge in [0.25, 0.3) is 0 Å². The zero-order valence-corrected chi connectivity index (χ0v) is 15.1. The van der Waals surface area contributed by atoms with Crippen molar-refractivity contribution in [3.63, 3.8) is 0 Å². The van der Waals surface area contributed by atoms with Crippen LogP contribution < -0.4 is 4.74 Å². The molecular weight excluding hydrogens is 318 g/mol. The minimum absolute atomic E-state index is 0.221. The quantitative estimate of drug-likeness (QED) is 0.386. The first kappa shape index (κ1) is 20.6. The van der Waals surface area contributed by atoms with Crippen LogP contribution in [0.1, 0.15) is 46.5 Å². The number of hydrogen-bond donors (Lipinski definition) is 1. The number of aliphatic carboxylic acids is 1. The third-order valence-electron chi connectivity index (χ3n) is 4.02. The summed E-state index contributed by atoms with van der Waals surface area (Å²) < 4.78 is 5.29. The van der Waals surface area contributed by atoms with Crippen LogP contribution in [0.15, 0.2) is 48.3 Å². The van der Waals surface area contributed by atoms with Gasteiger partial charge in [-0.2, -0.15) is 0 Å². The van der Waals surface area contributed by atoms with Crippen LogP contribution in [0.3, 0.4) is 0 Å². The Morgan fingerprint density at radius 2 is 1.96 bits per heavy atom. The molecule has 0 aromatic carbocycles. The van der Waals surface area contributed by atoms with E-state index < -0.39 is 17.9 Å². The van der Waals surface area contributed by atoms with E-state index in [2.05, 4.69) is 24.9 Å². The number of hydrogen-bond acceptors (Lipinski definition) is 4. The molecule has 0 fully saturated rings. The van der Waals surface area contributed by atoms with E-state index in [0.717, 1.165) is 19.3 Å². The molecule has 2 unspecified atom stereocenters. The Morgan fingerprint density at radius 1 is 1.28 bits per heavy atom. The number of ether oxygens (including phenoxy) is 1. The number of pyridine rings is 1. The smallest absolute Gasteiger partial charge is 0.315 e. The van der Waals surface area contributed by atoms with Crippen molar-refractivity contribution in [2.45, 2.75) is 46.5 Å². The number of carbonyl (C=O) groups is 2. The van der Waals surface area contributed by atoms with Crippen molar-refractivity contribution < 1.29 is 19.4 Å². The largest absolute Gasteiger partial charge is 0.481 e. The first-order chi connectivity index (χ1) is 11.9. The van der Waals surface area contributed by atoms with Gasteiger partial charge in [0.15, 0.2) is 0 Å². The Labute approximate surface area is 149 Å². The van der Waals surface area contributed by atoms with E-state index in [-0.39, 0.29) is 12.3 Å². The Morgan fingerprint density at radius 3 is 2.56 bits per heavy atom. The molecule has 25 heavy (non-hydrogen) atoms. The van der Waals surface area contributed by atoms with Gasteiger partial charge in [-0.15, -0.1) is 0 Å². The van der Waals surface area contributed by atoms with E-state index in [1.165, 1.54) is 18.0 Å². The molecule has 2 atom stereocenters. The van der Waals surface area contributed by atoms with Gasteiger partial charge in [0.2, 0.25) is 0 Å². The van der Waals surface area contributed by atoms with Crippen LogP contribution in [0.2, 0.25) is 0 Å². The molecule has 1 rings (SSSR count). The first-order valence-corrected chi connectivity index (χ1v) is 8.59. The number of unbranched alkanes of at least 4 members (excludes halogenated alkanes) is 1. The Balaban J connectivity index is 2.66. The number of carboxylic acid groups (broad SMARTS) is 1. The molecule has 0 saturated heterocycles. The van der Waals surface area contributed by atoms with E-state index in [1.54, 1.807) is 12.1 Å². The summed E-state index contributed by atoms with van der Waals surface area (Å²) in [5.74, 6) is -2.13. The summed E-state index contributed by atoms with van der Waals surface area (Å²) in [5.41, 5.74) is 1.35. The molecule has 0 radical (unpaired) electrons. The van der Waals surface area contributed by atoms with Gasteiger partial charge < -0.3 is 9.84 Å². The van der Waals surface area contributed by atoms with Gasteiger partial charge in [0.1, 0.15) is 5.75 Å². The van der Waals surface area contributed by atoms with Crippen LogP contribution in [0.25, 0.3) is 0 Å². The van der Waals surface area contributed by atoms with Crippen LogP contribution >= 0.6 is 0 Å². The van der Waals surface area contributed by atoms with Gasteiger partial charge in [-0.3, -0.25) is 14.6 Å². The summed E-state index contributed by atoms with van der Waals surface area (Å²) in [6, 6.07) is 3.14. The highest BCUT2D eigenvalue weighted by molar-refractivity contribution is 5.81. The lowest BCUT2D eigenvalue weighted by molar-refractivity contribution is -0.147. The highest BCUT2D eigenvalue weighted by Crippen LogP contribution is 2.21. The molecule has 5 nitrogen and oxygen atoms in total. The molecule has 0 aliphatic rings. The average molecular weight is 345 g/mol. The second-order valence-corrected chi connectivity index (χ2v) is 6.08. The third-order valence-corrected chi connectivity index (χ3v) is 4.02. The topological polar surface area (TPSA) is 76.5 Å². The second kappa shape index (κ2) is 11.2. The molecule has 136 valence electrons. The van der Waals surface area contributed by atoms with E-state index in [0.29, 0.717) is 5.75 Å². The van der Waals surface area contributed by atoms with Gasteiger partial charge in [-0.1, -0.05) is 37.6 Å². The average Bonchev–Trinajstić information content (AvgIpc) is 2.59. The number of carbonyl (C=O) groups excluding carboxylic acids is 1. The Kier molecular flexibility index (Phi) is 9.22. The molecule has 0 aliphatic heterocycles. The van der Waals surface area contributed by atoms with Crippen LogP contribution in [0.4, 0.5) is 0 Å². The fraction of sp³-hybridized carbons (Fsp3) is 0.450. The highest BCUT2D eigenvalue weighted by Gasteiger charge is 2.28. The molecule has 0 amide bonds. The van der Waals surface area contributed by atoms with Crippen molar-refractivity contribution in [2.75, 3.05) is 0 Å². The predicted octanol–water partition coefficient (Wildman–Crippen LogP) is 4.41. The molecular formula is C20H27NO4.